The summed E-state index contributed by atoms with van der Waals surface area (Å²) >= 11 is 0. The molecule has 2 rings (SSSR count). The van der Waals surface area contributed by atoms with E-state index >= 15 is 0 Å². The fraction of sp³-hybridized carbons (Fsp3) is 0.500. The zero-order valence-corrected chi connectivity index (χ0v) is 11.5. The summed E-state index contributed by atoms with van der Waals surface area (Å²) < 4.78 is 0. The lowest BCUT2D eigenvalue weighted by atomic mass is 10.1. The number of piperidine rings is 1. The summed E-state index contributed by atoms with van der Waals surface area (Å²) in [5.41, 5.74) is 6.73. The Morgan fingerprint density at radius 1 is 1.25 bits per heavy atom. The van der Waals surface area contributed by atoms with Crippen LogP contribution >= 0.6 is 0 Å². The van der Waals surface area contributed by atoms with E-state index in [1.54, 1.807) is 12.1 Å². The molecule has 108 valence electrons. The lowest BCUT2D eigenvalue weighted by Crippen LogP contribution is -2.42. The van der Waals surface area contributed by atoms with Crippen molar-refractivity contribution in [3.05, 3.63) is 24.0 Å². The number of nitrogens with zero attached hydrogens (tertiary/aromatic N) is 2. The van der Waals surface area contributed by atoms with Gasteiger partial charge in [0.05, 0.1) is 24.8 Å². The van der Waals surface area contributed by atoms with Crippen molar-refractivity contribution >= 4 is 17.5 Å². The van der Waals surface area contributed by atoms with Crippen molar-refractivity contribution in [3.63, 3.8) is 0 Å². The standard InChI is InChI=1S/C14H20N4O2/c15-11-4-5-12(16-9-11)8-13(19)17-10-14(20)18-6-2-1-3-7-18/h4-5,9H,1-3,6-8,10,15H2,(H,17,19). The Balaban J connectivity index is 1.74. The molecule has 1 aromatic heterocycles. The number of hydrogen-bond acceptors (Lipinski definition) is 4. The van der Waals surface area contributed by atoms with Crippen LogP contribution in [0.5, 0.6) is 0 Å². The van der Waals surface area contributed by atoms with Crippen LogP contribution in [0.15, 0.2) is 18.3 Å². The van der Waals surface area contributed by atoms with E-state index in [-0.39, 0.29) is 24.8 Å². The van der Waals surface area contributed by atoms with E-state index in [9.17, 15) is 9.59 Å². The van der Waals surface area contributed by atoms with Crippen LogP contribution in [0.4, 0.5) is 5.69 Å². The van der Waals surface area contributed by atoms with Gasteiger partial charge in [0.1, 0.15) is 0 Å². The summed E-state index contributed by atoms with van der Waals surface area (Å²) in [6.45, 7) is 1.66. The van der Waals surface area contributed by atoms with Gasteiger partial charge in [-0.15, -0.1) is 0 Å². The fourth-order valence-corrected chi connectivity index (χ4v) is 2.20. The molecule has 0 radical (unpaired) electrons. The summed E-state index contributed by atoms with van der Waals surface area (Å²) in [4.78, 5) is 29.5. The summed E-state index contributed by atoms with van der Waals surface area (Å²) in [5, 5.41) is 2.64. The van der Waals surface area contributed by atoms with Crippen LogP contribution in [0.2, 0.25) is 0 Å². The second-order valence-electron chi connectivity index (χ2n) is 4.98. The van der Waals surface area contributed by atoms with Gasteiger partial charge in [-0.1, -0.05) is 0 Å². The average molecular weight is 276 g/mol. The third kappa shape index (κ3) is 4.22. The Morgan fingerprint density at radius 2 is 2.00 bits per heavy atom. The van der Waals surface area contributed by atoms with Crippen molar-refractivity contribution in [1.82, 2.24) is 15.2 Å². The Kier molecular flexibility index (Phi) is 4.92. The zero-order chi connectivity index (χ0) is 14.4. The van der Waals surface area contributed by atoms with Crippen LogP contribution in [-0.2, 0) is 16.0 Å². The number of likely N-dealkylation sites (tertiary alicyclic amines) is 1. The number of nitrogen functional groups attached to an aromatic ring is 1. The summed E-state index contributed by atoms with van der Waals surface area (Å²) in [6.07, 6.45) is 4.96. The van der Waals surface area contributed by atoms with Gasteiger partial charge >= 0.3 is 0 Å². The molecule has 0 unspecified atom stereocenters. The minimum atomic E-state index is -0.201. The second kappa shape index (κ2) is 6.88. The lowest BCUT2D eigenvalue weighted by Gasteiger charge is -2.26. The van der Waals surface area contributed by atoms with Crippen molar-refractivity contribution in [3.8, 4) is 0 Å². The highest BCUT2D eigenvalue weighted by Gasteiger charge is 2.16. The van der Waals surface area contributed by atoms with Crippen LogP contribution in [-0.4, -0.2) is 41.3 Å². The molecule has 2 heterocycles. The highest BCUT2D eigenvalue weighted by atomic mass is 16.2. The SMILES string of the molecule is Nc1ccc(CC(=O)NCC(=O)N2CCCCC2)nc1. The summed E-state index contributed by atoms with van der Waals surface area (Å²) in [5.74, 6) is -0.212. The van der Waals surface area contributed by atoms with Crippen LogP contribution in [0.25, 0.3) is 0 Å². The highest BCUT2D eigenvalue weighted by molar-refractivity contribution is 5.85. The third-order valence-corrected chi connectivity index (χ3v) is 3.33. The molecule has 6 nitrogen and oxygen atoms in total. The first-order valence-corrected chi connectivity index (χ1v) is 6.90. The number of anilines is 1. The molecule has 0 atom stereocenters. The minimum absolute atomic E-state index is 0.0108. The molecule has 2 amide bonds. The first-order chi connectivity index (χ1) is 9.65. The molecule has 1 saturated heterocycles. The maximum absolute atomic E-state index is 11.9. The Bertz CT molecular complexity index is 467. The number of nitrogens with one attached hydrogen (secondary N) is 1. The first kappa shape index (κ1) is 14.3. The monoisotopic (exact) mass is 276 g/mol. The van der Waals surface area contributed by atoms with Gasteiger partial charge < -0.3 is 16.0 Å². The van der Waals surface area contributed by atoms with Gasteiger partial charge in [0.15, 0.2) is 0 Å². The predicted molar refractivity (Wildman–Crippen MR) is 75.8 cm³/mol. The van der Waals surface area contributed by atoms with Crippen molar-refractivity contribution < 1.29 is 9.59 Å². The number of rotatable bonds is 4. The predicted octanol–water partition coefficient (Wildman–Crippen LogP) is 0.335. The molecular weight excluding hydrogens is 256 g/mol. The molecule has 3 N–H and O–H groups in total. The average Bonchev–Trinajstić information content (AvgIpc) is 2.48. The van der Waals surface area contributed by atoms with Crippen LogP contribution in [0, 0.1) is 0 Å². The Labute approximate surface area is 118 Å². The van der Waals surface area contributed by atoms with E-state index < -0.39 is 0 Å². The van der Waals surface area contributed by atoms with Gasteiger partial charge in [0.2, 0.25) is 11.8 Å². The molecule has 1 aliphatic heterocycles. The van der Waals surface area contributed by atoms with Gasteiger partial charge in [-0.3, -0.25) is 14.6 Å². The topological polar surface area (TPSA) is 88.3 Å². The number of pyridine rings is 1. The molecule has 0 bridgehead atoms. The number of carbonyl (C=O) groups excluding carboxylic acids is 2. The smallest absolute Gasteiger partial charge is 0.241 e. The van der Waals surface area contributed by atoms with E-state index in [0.717, 1.165) is 25.9 Å². The number of hydrogen-bond donors (Lipinski definition) is 2. The van der Waals surface area contributed by atoms with Gasteiger partial charge in [-0.2, -0.15) is 0 Å². The normalized spacial score (nSPS) is 14.9. The van der Waals surface area contributed by atoms with Crippen molar-refractivity contribution in [1.29, 1.82) is 0 Å². The Hall–Kier alpha value is -2.11. The largest absolute Gasteiger partial charge is 0.397 e. The maximum Gasteiger partial charge on any atom is 0.241 e. The van der Waals surface area contributed by atoms with E-state index in [1.165, 1.54) is 12.6 Å². The highest BCUT2D eigenvalue weighted by Crippen LogP contribution is 2.08. The van der Waals surface area contributed by atoms with Crippen LogP contribution in [0.1, 0.15) is 25.0 Å². The number of aromatic nitrogens is 1. The molecule has 1 fully saturated rings. The number of nitrogens with two attached hydrogens (primary N) is 1. The lowest BCUT2D eigenvalue weighted by molar-refractivity contribution is -0.133. The quantitative estimate of drug-likeness (QED) is 0.829. The fourth-order valence-electron chi connectivity index (χ4n) is 2.20. The molecule has 1 aliphatic rings. The third-order valence-electron chi connectivity index (χ3n) is 3.33. The number of amides is 2. The Morgan fingerprint density at radius 3 is 2.65 bits per heavy atom. The first-order valence-electron chi connectivity index (χ1n) is 6.90. The van der Waals surface area contributed by atoms with Crippen molar-refractivity contribution in [2.45, 2.75) is 25.7 Å². The summed E-state index contributed by atoms with van der Waals surface area (Å²) in [6, 6.07) is 3.41. The molecule has 0 aliphatic carbocycles. The van der Waals surface area contributed by atoms with Gasteiger partial charge in [-0.25, -0.2) is 0 Å². The van der Waals surface area contributed by atoms with Crippen LogP contribution in [0.3, 0.4) is 0 Å². The van der Waals surface area contributed by atoms with E-state index in [0.29, 0.717) is 11.4 Å². The van der Waals surface area contributed by atoms with Crippen molar-refractivity contribution in [2.24, 2.45) is 0 Å². The summed E-state index contributed by atoms with van der Waals surface area (Å²) in [7, 11) is 0. The molecule has 0 spiro atoms. The molecular formula is C14H20N4O2. The minimum Gasteiger partial charge on any atom is -0.397 e. The van der Waals surface area contributed by atoms with E-state index in [2.05, 4.69) is 10.3 Å². The molecule has 0 aromatic carbocycles. The molecule has 20 heavy (non-hydrogen) atoms. The van der Waals surface area contributed by atoms with Gasteiger partial charge in [-0.05, 0) is 31.4 Å². The number of carbonyl (C=O) groups is 2. The zero-order valence-electron chi connectivity index (χ0n) is 11.5. The second-order valence-corrected chi connectivity index (χ2v) is 4.98. The van der Waals surface area contributed by atoms with Gasteiger partial charge in [0, 0.05) is 18.8 Å². The van der Waals surface area contributed by atoms with Gasteiger partial charge in [0.25, 0.3) is 0 Å². The molecule has 1 aromatic rings. The van der Waals surface area contributed by atoms with E-state index in [1.807, 2.05) is 4.90 Å². The van der Waals surface area contributed by atoms with E-state index in [4.69, 9.17) is 5.73 Å². The van der Waals surface area contributed by atoms with Crippen molar-refractivity contribution in [2.75, 3.05) is 25.4 Å². The van der Waals surface area contributed by atoms with Crippen LogP contribution < -0.4 is 11.1 Å². The maximum atomic E-state index is 11.9. The molecule has 0 saturated carbocycles. The molecule has 6 heteroatoms.